The normalized spacial score (nSPS) is 20.3. The molecule has 0 aromatic heterocycles. The summed E-state index contributed by atoms with van der Waals surface area (Å²) in [6.07, 6.45) is 6.58. The first-order valence-corrected chi connectivity index (χ1v) is 7.36. The topological polar surface area (TPSA) is 26.0 Å². The zero-order valence-corrected chi connectivity index (χ0v) is 12.1. The Morgan fingerprint density at radius 2 is 1.89 bits per heavy atom. The first kappa shape index (κ1) is 13.6. The van der Waals surface area contributed by atoms with Gasteiger partial charge in [-0.25, -0.2) is 0 Å². The fourth-order valence-electron chi connectivity index (χ4n) is 3.75. The lowest BCUT2D eigenvalue weighted by atomic mass is 9.70. The van der Waals surface area contributed by atoms with Crippen LogP contribution in [0.4, 0.5) is 0 Å². The molecule has 0 aliphatic heterocycles. The first-order valence-electron chi connectivity index (χ1n) is 7.36. The van der Waals surface area contributed by atoms with Gasteiger partial charge in [-0.3, -0.25) is 0 Å². The van der Waals surface area contributed by atoms with Gasteiger partial charge in [0.05, 0.1) is 0 Å². The molecule has 100 valence electrons. The number of hydrogen-bond acceptors (Lipinski definition) is 1. The SMILES string of the molecule is Cc1cccc(C(N)C2(CC(C)C)CCCC2)c1. The minimum atomic E-state index is 0.210. The van der Waals surface area contributed by atoms with E-state index in [4.69, 9.17) is 5.73 Å². The molecule has 1 atom stereocenters. The standard InChI is InChI=1S/C17H27N/c1-13(2)12-17(9-4-5-10-17)16(18)15-8-6-7-14(3)11-15/h6-8,11,13,16H,4-5,9-10,12,18H2,1-3H3. The Morgan fingerprint density at radius 1 is 1.22 bits per heavy atom. The maximum atomic E-state index is 6.65. The average molecular weight is 245 g/mol. The maximum Gasteiger partial charge on any atom is 0.0352 e. The third-order valence-electron chi connectivity index (χ3n) is 4.48. The second-order valence-corrected chi connectivity index (χ2v) is 6.56. The van der Waals surface area contributed by atoms with Crippen molar-refractivity contribution in [1.29, 1.82) is 0 Å². The van der Waals surface area contributed by atoms with Gasteiger partial charge >= 0.3 is 0 Å². The van der Waals surface area contributed by atoms with Crippen LogP contribution in [0.5, 0.6) is 0 Å². The molecule has 1 fully saturated rings. The van der Waals surface area contributed by atoms with E-state index in [0.717, 1.165) is 5.92 Å². The van der Waals surface area contributed by atoms with E-state index in [1.165, 1.54) is 43.2 Å². The van der Waals surface area contributed by atoms with Crippen LogP contribution in [0.2, 0.25) is 0 Å². The van der Waals surface area contributed by atoms with Crippen molar-refractivity contribution in [3.05, 3.63) is 35.4 Å². The molecule has 1 heteroatoms. The predicted molar refractivity (Wildman–Crippen MR) is 78.5 cm³/mol. The molecular weight excluding hydrogens is 218 g/mol. The van der Waals surface area contributed by atoms with Crippen LogP contribution in [0, 0.1) is 18.3 Å². The largest absolute Gasteiger partial charge is 0.323 e. The monoisotopic (exact) mass is 245 g/mol. The van der Waals surface area contributed by atoms with Gasteiger partial charge in [-0.1, -0.05) is 56.5 Å². The van der Waals surface area contributed by atoms with Crippen LogP contribution >= 0.6 is 0 Å². The van der Waals surface area contributed by atoms with E-state index in [-0.39, 0.29) is 6.04 Å². The van der Waals surface area contributed by atoms with Crippen LogP contribution in [0.15, 0.2) is 24.3 Å². The van der Waals surface area contributed by atoms with Crippen molar-refractivity contribution in [2.45, 2.75) is 58.9 Å². The van der Waals surface area contributed by atoms with E-state index in [1.807, 2.05) is 0 Å². The van der Waals surface area contributed by atoms with Gasteiger partial charge in [0.25, 0.3) is 0 Å². The van der Waals surface area contributed by atoms with Crippen molar-refractivity contribution < 1.29 is 0 Å². The molecule has 0 radical (unpaired) electrons. The van der Waals surface area contributed by atoms with Crippen LogP contribution in [-0.2, 0) is 0 Å². The molecule has 0 heterocycles. The molecular formula is C17H27N. The molecule has 1 nitrogen and oxygen atoms in total. The number of benzene rings is 1. The Morgan fingerprint density at radius 3 is 2.44 bits per heavy atom. The van der Waals surface area contributed by atoms with Gasteiger partial charge in [0.1, 0.15) is 0 Å². The van der Waals surface area contributed by atoms with Gasteiger partial charge in [0.15, 0.2) is 0 Å². The Hall–Kier alpha value is -0.820. The van der Waals surface area contributed by atoms with E-state index in [0.29, 0.717) is 5.41 Å². The maximum absolute atomic E-state index is 6.65. The highest BCUT2D eigenvalue weighted by molar-refractivity contribution is 5.26. The molecule has 0 saturated heterocycles. The van der Waals surface area contributed by atoms with Crippen molar-refractivity contribution in [3.63, 3.8) is 0 Å². The minimum absolute atomic E-state index is 0.210. The predicted octanol–water partition coefficient (Wildman–Crippen LogP) is 4.60. The van der Waals surface area contributed by atoms with Gasteiger partial charge < -0.3 is 5.73 Å². The fraction of sp³-hybridized carbons (Fsp3) is 0.647. The number of hydrogen-bond donors (Lipinski definition) is 1. The van der Waals surface area contributed by atoms with Crippen LogP contribution in [0.25, 0.3) is 0 Å². The molecule has 0 bridgehead atoms. The van der Waals surface area contributed by atoms with E-state index in [2.05, 4.69) is 45.0 Å². The molecule has 18 heavy (non-hydrogen) atoms. The Labute approximate surface area is 112 Å². The summed E-state index contributed by atoms with van der Waals surface area (Å²) in [5, 5.41) is 0. The Kier molecular flexibility index (Phi) is 4.11. The molecule has 0 spiro atoms. The summed E-state index contributed by atoms with van der Waals surface area (Å²) in [4.78, 5) is 0. The Bertz CT molecular complexity index is 388. The van der Waals surface area contributed by atoms with Crippen LogP contribution in [0.3, 0.4) is 0 Å². The summed E-state index contributed by atoms with van der Waals surface area (Å²) in [7, 11) is 0. The fourth-order valence-corrected chi connectivity index (χ4v) is 3.75. The van der Waals surface area contributed by atoms with Crippen LogP contribution < -0.4 is 5.73 Å². The summed E-state index contributed by atoms with van der Waals surface area (Å²) in [5.41, 5.74) is 9.65. The van der Waals surface area contributed by atoms with Crippen LogP contribution in [0.1, 0.15) is 63.1 Å². The highest BCUT2D eigenvalue weighted by atomic mass is 14.7. The summed E-state index contributed by atoms with van der Waals surface area (Å²) >= 11 is 0. The summed E-state index contributed by atoms with van der Waals surface area (Å²) in [6.45, 7) is 6.80. The van der Waals surface area contributed by atoms with Gasteiger partial charge in [-0.05, 0) is 43.1 Å². The zero-order chi connectivity index (χ0) is 13.2. The second kappa shape index (κ2) is 5.44. The van der Waals surface area contributed by atoms with Gasteiger partial charge in [0.2, 0.25) is 0 Å². The molecule has 2 N–H and O–H groups in total. The average Bonchev–Trinajstić information content (AvgIpc) is 2.77. The molecule has 1 aromatic carbocycles. The lowest BCUT2D eigenvalue weighted by Gasteiger charge is -2.37. The Balaban J connectivity index is 2.25. The number of aryl methyl sites for hydroxylation is 1. The van der Waals surface area contributed by atoms with Crippen molar-refractivity contribution >= 4 is 0 Å². The third-order valence-corrected chi connectivity index (χ3v) is 4.48. The highest BCUT2D eigenvalue weighted by Gasteiger charge is 2.40. The zero-order valence-electron chi connectivity index (χ0n) is 12.1. The highest BCUT2D eigenvalue weighted by Crippen LogP contribution is 2.50. The third kappa shape index (κ3) is 2.77. The van der Waals surface area contributed by atoms with Crippen molar-refractivity contribution in [1.82, 2.24) is 0 Å². The molecule has 1 aliphatic rings. The van der Waals surface area contributed by atoms with E-state index in [1.54, 1.807) is 0 Å². The van der Waals surface area contributed by atoms with Crippen LogP contribution in [-0.4, -0.2) is 0 Å². The van der Waals surface area contributed by atoms with Gasteiger partial charge in [0, 0.05) is 6.04 Å². The summed E-state index contributed by atoms with van der Waals surface area (Å²) in [5.74, 6) is 0.735. The van der Waals surface area contributed by atoms with Crippen molar-refractivity contribution in [2.24, 2.45) is 17.1 Å². The molecule has 2 rings (SSSR count). The summed E-state index contributed by atoms with van der Waals surface area (Å²) in [6, 6.07) is 8.98. The van der Waals surface area contributed by atoms with E-state index >= 15 is 0 Å². The molecule has 1 saturated carbocycles. The smallest absolute Gasteiger partial charge is 0.0352 e. The minimum Gasteiger partial charge on any atom is -0.323 e. The van der Waals surface area contributed by atoms with Crippen molar-refractivity contribution in [3.8, 4) is 0 Å². The van der Waals surface area contributed by atoms with E-state index < -0.39 is 0 Å². The lowest BCUT2D eigenvalue weighted by molar-refractivity contribution is 0.183. The lowest BCUT2D eigenvalue weighted by Crippen LogP contribution is -2.33. The van der Waals surface area contributed by atoms with Gasteiger partial charge in [-0.2, -0.15) is 0 Å². The van der Waals surface area contributed by atoms with E-state index in [9.17, 15) is 0 Å². The molecule has 1 aromatic rings. The number of nitrogens with two attached hydrogens (primary N) is 1. The summed E-state index contributed by atoms with van der Waals surface area (Å²) < 4.78 is 0. The number of rotatable bonds is 4. The molecule has 1 unspecified atom stereocenters. The van der Waals surface area contributed by atoms with Gasteiger partial charge in [-0.15, -0.1) is 0 Å². The second-order valence-electron chi connectivity index (χ2n) is 6.56. The van der Waals surface area contributed by atoms with Crippen molar-refractivity contribution in [2.75, 3.05) is 0 Å². The quantitative estimate of drug-likeness (QED) is 0.824. The molecule has 0 amide bonds. The first-order chi connectivity index (χ1) is 8.53. The molecule has 1 aliphatic carbocycles.